The summed E-state index contributed by atoms with van der Waals surface area (Å²) in [7, 11) is 0. The van der Waals surface area contributed by atoms with E-state index in [1.165, 1.54) is 6.33 Å². The number of carboxylic acids is 1. The first-order valence-corrected chi connectivity index (χ1v) is 9.24. The molecule has 2 fully saturated rings. The molecule has 0 bridgehead atoms. The highest BCUT2D eigenvalue weighted by atomic mass is 19.4. The fourth-order valence-electron chi connectivity index (χ4n) is 3.67. The fraction of sp³-hybridized carbons (Fsp3) is 0.421. The van der Waals surface area contributed by atoms with E-state index in [2.05, 4.69) is 19.9 Å². The second kappa shape index (κ2) is 9.16. The molecular weight excluding hydrogens is 403 g/mol. The molecule has 0 spiro atoms. The molecule has 2 saturated heterocycles. The number of carboxylic acid groups (broad SMARTS) is 1. The molecule has 2 aromatic heterocycles. The number of hydrogen-bond donors (Lipinski definition) is 1. The molecule has 160 valence electrons. The van der Waals surface area contributed by atoms with Crippen LogP contribution >= 0.6 is 0 Å². The Balaban J connectivity index is 0.000000318. The van der Waals surface area contributed by atoms with Gasteiger partial charge in [0.05, 0.1) is 29.7 Å². The summed E-state index contributed by atoms with van der Waals surface area (Å²) in [6.07, 6.45) is 2.69. The molecule has 2 aliphatic rings. The lowest BCUT2D eigenvalue weighted by molar-refractivity contribution is -0.192. The highest BCUT2D eigenvalue weighted by molar-refractivity contribution is 5.96. The van der Waals surface area contributed by atoms with Crippen molar-refractivity contribution >= 4 is 17.6 Å². The van der Waals surface area contributed by atoms with Crippen molar-refractivity contribution in [3.63, 3.8) is 0 Å². The number of amides is 1. The van der Waals surface area contributed by atoms with Crippen LogP contribution in [0.5, 0.6) is 0 Å². The molecular formula is C19H20F3N5O3. The number of aromatic nitrogens is 3. The van der Waals surface area contributed by atoms with Crippen molar-refractivity contribution in [1.29, 1.82) is 0 Å². The smallest absolute Gasteiger partial charge is 0.475 e. The predicted octanol–water partition coefficient (Wildman–Crippen LogP) is 1.99. The zero-order valence-electron chi connectivity index (χ0n) is 15.9. The van der Waals surface area contributed by atoms with Gasteiger partial charge >= 0.3 is 12.1 Å². The normalized spacial score (nSPS) is 21.6. The summed E-state index contributed by atoms with van der Waals surface area (Å²) in [5.41, 5.74) is 1.87. The maximum atomic E-state index is 12.8. The van der Waals surface area contributed by atoms with E-state index in [1.807, 2.05) is 29.3 Å². The molecule has 2 aliphatic heterocycles. The van der Waals surface area contributed by atoms with Gasteiger partial charge in [0.15, 0.2) is 0 Å². The number of anilines is 1. The molecule has 2 aromatic rings. The number of nitrogens with zero attached hydrogens (tertiary/aromatic N) is 5. The first-order chi connectivity index (χ1) is 14.3. The quantitative estimate of drug-likeness (QED) is 0.806. The van der Waals surface area contributed by atoms with Gasteiger partial charge in [-0.1, -0.05) is 6.07 Å². The van der Waals surface area contributed by atoms with E-state index >= 15 is 0 Å². The zero-order chi connectivity index (χ0) is 21.7. The maximum absolute atomic E-state index is 12.8. The lowest BCUT2D eigenvalue weighted by Crippen LogP contribution is -2.45. The fourth-order valence-corrected chi connectivity index (χ4v) is 3.67. The molecule has 0 unspecified atom stereocenters. The molecule has 1 amide bonds. The van der Waals surface area contributed by atoms with E-state index in [0.29, 0.717) is 5.92 Å². The molecule has 11 heteroatoms. The number of pyridine rings is 1. The first-order valence-electron chi connectivity index (χ1n) is 9.24. The summed E-state index contributed by atoms with van der Waals surface area (Å²) < 4.78 is 31.7. The van der Waals surface area contributed by atoms with Crippen molar-refractivity contribution < 1.29 is 27.9 Å². The second-order valence-corrected chi connectivity index (χ2v) is 7.06. The van der Waals surface area contributed by atoms with Crippen molar-refractivity contribution in [1.82, 2.24) is 19.9 Å². The van der Waals surface area contributed by atoms with Crippen molar-refractivity contribution in [2.24, 2.45) is 11.8 Å². The number of rotatable bonds is 3. The van der Waals surface area contributed by atoms with Gasteiger partial charge in [-0.25, -0.2) is 14.8 Å². The average Bonchev–Trinajstić information content (AvgIpc) is 3.13. The molecule has 2 atom stereocenters. The van der Waals surface area contributed by atoms with Gasteiger partial charge in [0.1, 0.15) is 6.33 Å². The third-order valence-corrected chi connectivity index (χ3v) is 5.04. The van der Waals surface area contributed by atoms with Crippen LogP contribution in [0.2, 0.25) is 0 Å². The topological polar surface area (TPSA) is 99.5 Å². The van der Waals surface area contributed by atoms with E-state index < -0.39 is 12.1 Å². The lowest BCUT2D eigenvalue weighted by atomic mass is 9.88. The van der Waals surface area contributed by atoms with Crippen molar-refractivity contribution in [2.45, 2.75) is 19.1 Å². The van der Waals surface area contributed by atoms with E-state index in [1.54, 1.807) is 12.4 Å². The summed E-state index contributed by atoms with van der Waals surface area (Å²) in [4.78, 5) is 38.4. The Bertz CT molecular complexity index is 867. The number of carbonyl (C=O) groups is 2. The number of carbonyl (C=O) groups excluding carboxylic acids is 1. The van der Waals surface area contributed by atoms with Crippen LogP contribution in [-0.2, 0) is 16.1 Å². The van der Waals surface area contributed by atoms with Gasteiger partial charge < -0.3 is 10.0 Å². The lowest BCUT2D eigenvalue weighted by Gasteiger charge is -2.33. The van der Waals surface area contributed by atoms with Gasteiger partial charge in [0, 0.05) is 32.4 Å². The molecule has 0 saturated carbocycles. The van der Waals surface area contributed by atoms with Crippen LogP contribution in [0.4, 0.5) is 18.9 Å². The summed E-state index contributed by atoms with van der Waals surface area (Å²) >= 11 is 0. The van der Waals surface area contributed by atoms with Crippen LogP contribution in [0, 0.1) is 11.8 Å². The minimum absolute atomic E-state index is 0.0765. The number of alkyl halides is 3. The third-order valence-electron chi connectivity index (χ3n) is 5.04. The van der Waals surface area contributed by atoms with Crippen molar-refractivity contribution in [3.8, 4) is 0 Å². The standard InChI is InChI=1S/C17H19N5O.C2HF3O2/c23-17-16-11-21(10-14-3-1-2-5-20-14)9-13(16)4-6-22(17)15-7-18-12-19-8-15;3-2(4,5)1(6)7/h1-3,5,7-8,12-13,16H,4,6,9-11H2;(H,6,7)/t13-,16-;/m1./s1. The number of hydrogen-bond acceptors (Lipinski definition) is 6. The Morgan fingerprint density at radius 2 is 1.90 bits per heavy atom. The zero-order valence-corrected chi connectivity index (χ0v) is 15.9. The number of aliphatic carboxylic acids is 1. The highest BCUT2D eigenvalue weighted by Crippen LogP contribution is 2.34. The Kier molecular flexibility index (Phi) is 6.60. The molecule has 0 radical (unpaired) electrons. The van der Waals surface area contributed by atoms with Crippen molar-refractivity contribution in [2.75, 3.05) is 24.5 Å². The minimum Gasteiger partial charge on any atom is -0.475 e. The van der Waals surface area contributed by atoms with Crippen LogP contribution < -0.4 is 4.90 Å². The van der Waals surface area contributed by atoms with Crippen LogP contribution in [0.25, 0.3) is 0 Å². The average molecular weight is 423 g/mol. The molecule has 4 heterocycles. The molecule has 4 rings (SSSR count). The van der Waals surface area contributed by atoms with Gasteiger partial charge in [-0.15, -0.1) is 0 Å². The van der Waals surface area contributed by atoms with Gasteiger partial charge in [-0.2, -0.15) is 13.2 Å². The number of piperidine rings is 1. The predicted molar refractivity (Wildman–Crippen MR) is 99.2 cm³/mol. The van der Waals surface area contributed by atoms with Crippen LogP contribution in [-0.4, -0.2) is 62.6 Å². The summed E-state index contributed by atoms with van der Waals surface area (Å²) in [6, 6.07) is 5.97. The molecule has 30 heavy (non-hydrogen) atoms. The molecule has 8 nitrogen and oxygen atoms in total. The van der Waals surface area contributed by atoms with Gasteiger partial charge in [-0.05, 0) is 24.5 Å². The SMILES string of the molecule is O=C(O)C(F)(F)F.O=C1[C@@H]2CN(Cc3ccccn3)C[C@H]2CCN1c1cncnc1. The van der Waals surface area contributed by atoms with E-state index in [9.17, 15) is 18.0 Å². The van der Waals surface area contributed by atoms with Crippen molar-refractivity contribution in [3.05, 3.63) is 48.8 Å². The van der Waals surface area contributed by atoms with Gasteiger partial charge in [0.25, 0.3) is 0 Å². The number of likely N-dealkylation sites (tertiary alicyclic amines) is 1. The Hall–Kier alpha value is -3.08. The molecule has 0 aliphatic carbocycles. The second-order valence-electron chi connectivity index (χ2n) is 7.06. The summed E-state index contributed by atoms with van der Waals surface area (Å²) in [5.74, 6) is -2.02. The van der Waals surface area contributed by atoms with Crippen LogP contribution in [0.15, 0.2) is 43.1 Å². The Morgan fingerprint density at radius 3 is 2.50 bits per heavy atom. The van der Waals surface area contributed by atoms with E-state index in [4.69, 9.17) is 9.90 Å². The van der Waals surface area contributed by atoms with Gasteiger partial charge in [-0.3, -0.25) is 14.7 Å². The van der Waals surface area contributed by atoms with Gasteiger partial charge in [0.2, 0.25) is 5.91 Å². The first kappa shape index (κ1) is 21.6. The summed E-state index contributed by atoms with van der Waals surface area (Å²) in [5, 5.41) is 7.12. The maximum Gasteiger partial charge on any atom is 0.490 e. The van der Waals surface area contributed by atoms with Crippen LogP contribution in [0.1, 0.15) is 12.1 Å². The monoisotopic (exact) mass is 423 g/mol. The number of halogens is 3. The third kappa shape index (κ3) is 5.29. The van der Waals surface area contributed by atoms with E-state index in [0.717, 1.165) is 44.0 Å². The summed E-state index contributed by atoms with van der Waals surface area (Å²) in [6.45, 7) is 3.36. The highest BCUT2D eigenvalue weighted by Gasteiger charge is 2.43. The Morgan fingerprint density at radius 1 is 1.20 bits per heavy atom. The van der Waals surface area contributed by atoms with E-state index in [-0.39, 0.29) is 11.8 Å². The van der Waals surface area contributed by atoms with Crippen LogP contribution in [0.3, 0.4) is 0 Å². The minimum atomic E-state index is -5.08. The Labute approximate surface area is 170 Å². The molecule has 0 aromatic carbocycles. The largest absolute Gasteiger partial charge is 0.490 e. The molecule has 1 N–H and O–H groups in total. The number of fused-ring (bicyclic) bond motifs is 1.